The van der Waals surface area contributed by atoms with E-state index < -0.39 is 0 Å². The summed E-state index contributed by atoms with van der Waals surface area (Å²) in [6, 6.07) is 17.7. The second-order valence-electron chi connectivity index (χ2n) is 7.63. The molecular weight excluding hydrogens is 380 g/mol. The van der Waals surface area contributed by atoms with Gasteiger partial charge in [-0.05, 0) is 30.3 Å². The first-order valence-corrected chi connectivity index (χ1v) is 10.2. The largest absolute Gasteiger partial charge is 0.484 e. The van der Waals surface area contributed by atoms with Gasteiger partial charge in [-0.2, -0.15) is 4.98 Å². The fraction of sp³-hybridized carbons (Fsp3) is 0.348. The van der Waals surface area contributed by atoms with E-state index in [-0.39, 0.29) is 18.4 Å². The number of hydrogen-bond acceptors (Lipinski definition) is 6. The summed E-state index contributed by atoms with van der Waals surface area (Å²) in [7, 11) is 0. The van der Waals surface area contributed by atoms with E-state index in [2.05, 4.69) is 27.2 Å². The van der Waals surface area contributed by atoms with E-state index in [9.17, 15) is 4.79 Å². The number of aromatic nitrogens is 2. The molecule has 1 amide bonds. The lowest BCUT2D eigenvalue weighted by Gasteiger charge is -2.36. The predicted octanol–water partition coefficient (Wildman–Crippen LogP) is 3.59. The number of carbonyl (C=O) groups is 1. The van der Waals surface area contributed by atoms with Crippen molar-refractivity contribution in [3.05, 3.63) is 60.4 Å². The Morgan fingerprint density at radius 2 is 1.83 bits per heavy atom. The smallest absolute Gasteiger partial charge is 0.260 e. The lowest BCUT2D eigenvalue weighted by atomic mass is 10.2. The van der Waals surface area contributed by atoms with Gasteiger partial charge in [-0.3, -0.25) is 4.79 Å². The van der Waals surface area contributed by atoms with Crippen molar-refractivity contribution in [3.8, 4) is 17.2 Å². The molecule has 1 fully saturated rings. The van der Waals surface area contributed by atoms with Gasteiger partial charge in [-0.1, -0.05) is 43.3 Å². The summed E-state index contributed by atoms with van der Waals surface area (Å²) < 4.78 is 11.1. The van der Waals surface area contributed by atoms with Crippen molar-refractivity contribution >= 4 is 11.6 Å². The summed E-state index contributed by atoms with van der Waals surface area (Å²) in [4.78, 5) is 21.2. The number of benzene rings is 2. The number of piperazine rings is 1. The molecule has 0 unspecified atom stereocenters. The van der Waals surface area contributed by atoms with Crippen molar-refractivity contribution in [2.45, 2.75) is 19.8 Å². The molecule has 156 valence electrons. The van der Waals surface area contributed by atoms with Crippen LogP contribution in [-0.2, 0) is 4.79 Å². The summed E-state index contributed by atoms with van der Waals surface area (Å²) in [5.74, 6) is 1.91. The Labute approximate surface area is 176 Å². The molecule has 30 heavy (non-hydrogen) atoms. The zero-order valence-corrected chi connectivity index (χ0v) is 17.3. The van der Waals surface area contributed by atoms with Gasteiger partial charge in [-0.15, -0.1) is 0 Å². The third-order valence-corrected chi connectivity index (χ3v) is 5.16. The van der Waals surface area contributed by atoms with E-state index in [1.807, 2.05) is 61.2 Å². The number of para-hydroxylation sites is 1. The van der Waals surface area contributed by atoms with Crippen LogP contribution in [0.3, 0.4) is 0 Å². The lowest BCUT2D eigenvalue weighted by Crippen LogP contribution is -2.50. The third kappa shape index (κ3) is 4.62. The summed E-state index contributed by atoms with van der Waals surface area (Å²) in [5, 5.41) is 3.99. The molecule has 1 saturated heterocycles. The zero-order chi connectivity index (χ0) is 20.9. The highest BCUT2D eigenvalue weighted by molar-refractivity contribution is 5.78. The van der Waals surface area contributed by atoms with Crippen LogP contribution in [0.5, 0.6) is 5.75 Å². The standard InChI is InChI=1S/C23H26N4O3/c1-17(2)22-24-23(30-25-22)18-7-6-10-20(15-18)29-16-21(28)27-13-11-26(12-14-27)19-8-4-3-5-9-19/h3-10,15,17H,11-14,16H2,1-2H3. The Morgan fingerprint density at radius 1 is 1.07 bits per heavy atom. The Bertz CT molecular complexity index is 979. The van der Waals surface area contributed by atoms with Crippen LogP contribution >= 0.6 is 0 Å². The van der Waals surface area contributed by atoms with Gasteiger partial charge in [0.05, 0.1) is 0 Å². The monoisotopic (exact) mass is 406 g/mol. The fourth-order valence-electron chi connectivity index (χ4n) is 3.39. The van der Waals surface area contributed by atoms with Crippen LogP contribution in [0.15, 0.2) is 59.1 Å². The van der Waals surface area contributed by atoms with E-state index >= 15 is 0 Å². The zero-order valence-electron chi connectivity index (χ0n) is 17.3. The maximum absolute atomic E-state index is 12.6. The van der Waals surface area contributed by atoms with Crippen LogP contribution in [0.1, 0.15) is 25.6 Å². The average molecular weight is 406 g/mol. The minimum absolute atomic E-state index is 0.00648. The van der Waals surface area contributed by atoms with E-state index in [1.54, 1.807) is 0 Å². The average Bonchev–Trinajstić information content (AvgIpc) is 3.29. The summed E-state index contributed by atoms with van der Waals surface area (Å²) in [6.07, 6.45) is 0. The van der Waals surface area contributed by atoms with Crippen molar-refractivity contribution in [2.75, 3.05) is 37.7 Å². The maximum Gasteiger partial charge on any atom is 0.260 e. The van der Waals surface area contributed by atoms with Crippen LogP contribution in [0, 0.1) is 0 Å². The Balaban J connectivity index is 1.31. The molecule has 1 aliphatic rings. The normalized spacial score (nSPS) is 14.2. The molecule has 0 spiro atoms. The minimum Gasteiger partial charge on any atom is -0.484 e. The van der Waals surface area contributed by atoms with Crippen molar-refractivity contribution < 1.29 is 14.1 Å². The Morgan fingerprint density at radius 3 is 2.53 bits per heavy atom. The molecule has 0 bridgehead atoms. The van der Waals surface area contributed by atoms with E-state index in [4.69, 9.17) is 9.26 Å². The SMILES string of the molecule is CC(C)c1noc(-c2cccc(OCC(=O)N3CCN(c4ccccc4)CC3)c2)n1. The van der Waals surface area contributed by atoms with Gasteiger partial charge in [-0.25, -0.2) is 0 Å². The van der Waals surface area contributed by atoms with Crippen LogP contribution in [0.4, 0.5) is 5.69 Å². The van der Waals surface area contributed by atoms with Gasteiger partial charge in [0, 0.05) is 43.3 Å². The topological polar surface area (TPSA) is 71.7 Å². The molecule has 0 atom stereocenters. The highest BCUT2D eigenvalue weighted by Crippen LogP contribution is 2.24. The molecule has 3 aromatic rings. The Kier molecular flexibility index (Phi) is 5.97. The number of anilines is 1. The van der Waals surface area contributed by atoms with Gasteiger partial charge >= 0.3 is 0 Å². The second-order valence-corrected chi connectivity index (χ2v) is 7.63. The minimum atomic E-state index is -0.00648. The van der Waals surface area contributed by atoms with E-state index in [0.717, 1.165) is 18.7 Å². The van der Waals surface area contributed by atoms with Crippen molar-refractivity contribution in [2.24, 2.45) is 0 Å². The molecule has 2 heterocycles. The van der Waals surface area contributed by atoms with Crippen molar-refractivity contribution in [1.82, 2.24) is 15.0 Å². The number of carbonyl (C=O) groups excluding carboxylic acids is 1. The van der Waals surface area contributed by atoms with Crippen LogP contribution in [-0.4, -0.2) is 53.7 Å². The molecule has 2 aromatic carbocycles. The molecular formula is C23H26N4O3. The first-order valence-electron chi connectivity index (χ1n) is 10.2. The third-order valence-electron chi connectivity index (χ3n) is 5.16. The Hall–Kier alpha value is -3.35. The van der Waals surface area contributed by atoms with Crippen LogP contribution in [0.25, 0.3) is 11.5 Å². The number of hydrogen-bond donors (Lipinski definition) is 0. The maximum atomic E-state index is 12.6. The van der Waals surface area contributed by atoms with Gasteiger partial charge in [0.25, 0.3) is 11.8 Å². The summed E-state index contributed by atoms with van der Waals surface area (Å²) >= 11 is 0. The number of rotatable bonds is 6. The van der Waals surface area contributed by atoms with Gasteiger partial charge < -0.3 is 19.1 Å². The van der Waals surface area contributed by atoms with Crippen LogP contribution in [0.2, 0.25) is 0 Å². The fourth-order valence-corrected chi connectivity index (χ4v) is 3.39. The molecule has 1 aliphatic heterocycles. The number of amides is 1. The van der Waals surface area contributed by atoms with Gasteiger partial charge in [0.1, 0.15) is 5.75 Å². The molecule has 0 radical (unpaired) electrons. The molecule has 1 aromatic heterocycles. The molecule has 0 saturated carbocycles. The summed E-state index contributed by atoms with van der Waals surface area (Å²) in [6.45, 7) is 7.06. The van der Waals surface area contributed by atoms with Crippen molar-refractivity contribution in [1.29, 1.82) is 0 Å². The molecule has 4 rings (SSSR count). The van der Waals surface area contributed by atoms with Gasteiger partial charge in [0.15, 0.2) is 12.4 Å². The second kappa shape index (κ2) is 8.98. The highest BCUT2D eigenvalue weighted by atomic mass is 16.5. The van der Waals surface area contributed by atoms with E-state index in [1.165, 1.54) is 5.69 Å². The predicted molar refractivity (Wildman–Crippen MR) is 115 cm³/mol. The molecule has 0 N–H and O–H groups in total. The first-order chi connectivity index (χ1) is 14.6. The quantitative estimate of drug-likeness (QED) is 0.623. The van der Waals surface area contributed by atoms with Crippen molar-refractivity contribution in [3.63, 3.8) is 0 Å². The molecule has 7 nitrogen and oxygen atoms in total. The van der Waals surface area contributed by atoms with E-state index in [0.29, 0.717) is 30.6 Å². The molecule has 7 heteroatoms. The van der Waals surface area contributed by atoms with Gasteiger partial charge in [0.2, 0.25) is 0 Å². The van der Waals surface area contributed by atoms with Crippen LogP contribution < -0.4 is 9.64 Å². The lowest BCUT2D eigenvalue weighted by molar-refractivity contribution is -0.133. The number of ether oxygens (including phenoxy) is 1. The highest BCUT2D eigenvalue weighted by Gasteiger charge is 2.21. The summed E-state index contributed by atoms with van der Waals surface area (Å²) in [5.41, 5.74) is 1.97. The molecule has 0 aliphatic carbocycles. The first kappa shape index (κ1) is 19.9. The number of nitrogens with zero attached hydrogens (tertiary/aromatic N) is 4.